The predicted octanol–water partition coefficient (Wildman–Crippen LogP) is 2.14. The van der Waals surface area contributed by atoms with Crippen LogP contribution in [0, 0.1) is 17.6 Å². The number of hydrogen-bond acceptors (Lipinski definition) is 2. The average molecular weight is 226 g/mol. The molecule has 1 aromatic rings. The Bertz CT molecular complexity index is 364. The Labute approximate surface area is 93.8 Å². The van der Waals surface area contributed by atoms with Gasteiger partial charge in [-0.25, -0.2) is 8.78 Å². The molecule has 1 unspecified atom stereocenters. The van der Waals surface area contributed by atoms with E-state index in [1.165, 1.54) is 18.9 Å². The number of benzene rings is 1. The fraction of sp³-hybridized carbons (Fsp3) is 0.500. The van der Waals surface area contributed by atoms with Crippen LogP contribution in [0.4, 0.5) is 8.78 Å². The summed E-state index contributed by atoms with van der Waals surface area (Å²) in [7, 11) is 0. The zero-order chi connectivity index (χ0) is 11.5. The molecule has 0 aliphatic heterocycles. The molecule has 1 aliphatic rings. The van der Waals surface area contributed by atoms with Gasteiger partial charge in [-0.15, -0.1) is 0 Å². The zero-order valence-electron chi connectivity index (χ0n) is 9.05. The van der Waals surface area contributed by atoms with Crippen molar-refractivity contribution in [2.24, 2.45) is 11.8 Å². The highest BCUT2D eigenvalue weighted by molar-refractivity contribution is 5.18. The molecular formula is C12H16F2N2. The van der Waals surface area contributed by atoms with Crippen LogP contribution >= 0.6 is 0 Å². The Kier molecular flexibility index (Phi) is 3.51. The quantitative estimate of drug-likeness (QED) is 0.596. The standard InChI is InChI=1S/C12H16F2N2/c13-11-4-3-9(7-12(11)14)6-10(16-15)5-8-1-2-8/h3-4,7-8,10,16H,1-2,5-6,15H2. The molecule has 0 amide bonds. The monoisotopic (exact) mass is 226 g/mol. The van der Waals surface area contributed by atoms with Gasteiger partial charge in [0.25, 0.3) is 0 Å². The molecule has 88 valence electrons. The van der Waals surface area contributed by atoms with E-state index in [1.807, 2.05) is 0 Å². The van der Waals surface area contributed by atoms with Crippen molar-refractivity contribution in [3.05, 3.63) is 35.4 Å². The summed E-state index contributed by atoms with van der Waals surface area (Å²) >= 11 is 0. The van der Waals surface area contributed by atoms with Gasteiger partial charge in [0.15, 0.2) is 11.6 Å². The summed E-state index contributed by atoms with van der Waals surface area (Å²) in [6.07, 6.45) is 4.17. The number of hydrazine groups is 1. The maximum absolute atomic E-state index is 13.0. The van der Waals surface area contributed by atoms with Crippen LogP contribution in [0.1, 0.15) is 24.8 Å². The van der Waals surface area contributed by atoms with E-state index < -0.39 is 11.6 Å². The van der Waals surface area contributed by atoms with Gasteiger partial charge in [-0.1, -0.05) is 18.9 Å². The second-order valence-corrected chi connectivity index (χ2v) is 4.50. The number of halogens is 2. The molecule has 3 N–H and O–H groups in total. The molecule has 0 heterocycles. The van der Waals surface area contributed by atoms with Gasteiger partial charge in [0.05, 0.1) is 0 Å². The van der Waals surface area contributed by atoms with Crippen LogP contribution in [0.2, 0.25) is 0 Å². The first kappa shape index (κ1) is 11.5. The molecule has 1 saturated carbocycles. The van der Waals surface area contributed by atoms with E-state index in [9.17, 15) is 8.78 Å². The second-order valence-electron chi connectivity index (χ2n) is 4.50. The van der Waals surface area contributed by atoms with Crippen molar-refractivity contribution in [2.75, 3.05) is 0 Å². The summed E-state index contributed by atoms with van der Waals surface area (Å²) in [5.74, 6) is 4.61. The number of nitrogens with one attached hydrogen (secondary N) is 1. The summed E-state index contributed by atoms with van der Waals surface area (Å²) < 4.78 is 25.7. The van der Waals surface area contributed by atoms with E-state index in [0.29, 0.717) is 6.42 Å². The number of nitrogens with two attached hydrogens (primary N) is 1. The van der Waals surface area contributed by atoms with Gasteiger partial charge in [-0.3, -0.25) is 11.3 Å². The lowest BCUT2D eigenvalue weighted by Gasteiger charge is -2.15. The topological polar surface area (TPSA) is 38.0 Å². The largest absolute Gasteiger partial charge is 0.271 e. The third-order valence-corrected chi connectivity index (χ3v) is 3.02. The third kappa shape index (κ3) is 3.00. The molecule has 16 heavy (non-hydrogen) atoms. The predicted molar refractivity (Wildman–Crippen MR) is 58.5 cm³/mol. The van der Waals surface area contributed by atoms with Gasteiger partial charge in [-0.2, -0.15) is 0 Å². The van der Waals surface area contributed by atoms with Crippen LogP contribution in [0.3, 0.4) is 0 Å². The lowest BCUT2D eigenvalue weighted by molar-refractivity contribution is 0.462. The summed E-state index contributed by atoms with van der Waals surface area (Å²) in [5, 5.41) is 0. The SMILES string of the molecule is NNC(Cc1ccc(F)c(F)c1)CC1CC1. The van der Waals surface area contributed by atoms with Gasteiger partial charge in [-0.05, 0) is 36.5 Å². The van der Waals surface area contributed by atoms with Gasteiger partial charge < -0.3 is 0 Å². The fourth-order valence-corrected chi connectivity index (χ4v) is 1.92. The lowest BCUT2D eigenvalue weighted by Crippen LogP contribution is -2.37. The molecule has 1 aliphatic carbocycles. The average Bonchev–Trinajstić information content (AvgIpc) is 3.06. The molecule has 2 nitrogen and oxygen atoms in total. The van der Waals surface area contributed by atoms with Crippen LogP contribution in [0.15, 0.2) is 18.2 Å². The van der Waals surface area contributed by atoms with Gasteiger partial charge in [0.2, 0.25) is 0 Å². The van der Waals surface area contributed by atoms with Crippen LogP contribution in [-0.4, -0.2) is 6.04 Å². The third-order valence-electron chi connectivity index (χ3n) is 3.02. The molecule has 0 saturated heterocycles. The summed E-state index contributed by atoms with van der Waals surface area (Å²) in [6.45, 7) is 0. The fourth-order valence-electron chi connectivity index (χ4n) is 1.92. The Hall–Kier alpha value is -1.00. The first-order valence-corrected chi connectivity index (χ1v) is 5.59. The van der Waals surface area contributed by atoms with E-state index in [4.69, 9.17) is 5.84 Å². The maximum atomic E-state index is 13.0. The minimum absolute atomic E-state index is 0.150. The summed E-state index contributed by atoms with van der Waals surface area (Å²) in [6, 6.07) is 4.16. The normalized spacial score (nSPS) is 17.4. The summed E-state index contributed by atoms with van der Waals surface area (Å²) in [5.41, 5.74) is 3.52. The molecule has 1 atom stereocenters. The molecule has 1 fully saturated rings. The maximum Gasteiger partial charge on any atom is 0.159 e. The zero-order valence-corrected chi connectivity index (χ0v) is 9.05. The van der Waals surface area contributed by atoms with E-state index in [2.05, 4.69) is 5.43 Å². The Morgan fingerprint density at radius 1 is 1.31 bits per heavy atom. The van der Waals surface area contributed by atoms with Crippen molar-refractivity contribution in [1.82, 2.24) is 5.43 Å². The van der Waals surface area contributed by atoms with E-state index in [-0.39, 0.29) is 6.04 Å². The van der Waals surface area contributed by atoms with Crippen LogP contribution in [0.25, 0.3) is 0 Å². The highest BCUT2D eigenvalue weighted by Gasteiger charge is 2.25. The molecule has 0 bridgehead atoms. The Balaban J connectivity index is 1.97. The number of hydrogen-bond donors (Lipinski definition) is 2. The van der Waals surface area contributed by atoms with Crippen molar-refractivity contribution < 1.29 is 8.78 Å². The van der Waals surface area contributed by atoms with Crippen molar-refractivity contribution in [2.45, 2.75) is 31.7 Å². The summed E-state index contributed by atoms with van der Waals surface area (Å²) in [4.78, 5) is 0. The van der Waals surface area contributed by atoms with Crippen molar-refractivity contribution in [3.63, 3.8) is 0 Å². The van der Waals surface area contributed by atoms with E-state index in [0.717, 1.165) is 24.0 Å². The second kappa shape index (κ2) is 4.89. The molecule has 0 radical (unpaired) electrons. The lowest BCUT2D eigenvalue weighted by atomic mass is 10.0. The Morgan fingerprint density at radius 3 is 2.62 bits per heavy atom. The number of rotatable bonds is 5. The molecule has 4 heteroatoms. The highest BCUT2D eigenvalue weighted by Crippen LogP contribution is 2.34. The minimum atomic E-state index is -0.803. The van der Waals surface area contributed by atoms with Gasteiger partial charge in [0, 0.05) is 6.04 Å². The van der Waals surface area contributed by atoms with E-state index in [1.54, 1.807) is 6.07 Å². The van der Waals surface area contributed by atoms with Crippen molar-refractivity contribution in [3.8, 4) is 0 Å². The molecule has 0 aromatic heterocycles. The molecule has 1 aromatic carbocycles. The molecule has 0 spiro atoms. The Morgan fingerprint density at radius 2 is 2.06 bits per heavy atom. The van der Waals surface area contributed by atoms with E-state index >= 15 is 0 Å². The minimum Gasteiger partial charge on any atom is -0.271 e. The first-order chi connectivity index (χ1) is 7.69. The van der Waals surface area contributed by atoms with Crippen molar-refractivity contribution in [1.29, 1.82) is 0 Å². The van der Waals surface area contributed by atoms with Crippen LogP contribution in [0.5, 0.6) is 0 Å². The van der Waals surface area contributed by atoms with Crippen molar-refractivity contribution >= 4 is 0 Å². The van der Waals surface area contributed by atoms with Crippen LogP contribution < -0.4 is 11.3 Å². The molecular weight excluding hydrogens is 210 g/mol. The molecule has 2 rings (SSSR count). The smallest absolute Gasteiger partial charge is 0.159 e. The van der Waals surface area contributed by atoms with Gasteiger partial charge in [0.1, 0.15) is 0 Å². The van der Waals surface area contributed by atoms with Crippen LogP contribution in [-0.2, 0) is 6.42 Å². The first-order valence-electron chi connectivity index (χ1n) is 5.59. The van der Waals surface area contributed by atoms with Gasteiger partial charge >= 0.3 is 0 Å². The highest BCUT2D eigenvalue weighted by atomic mass is 19.2.